The summed E-state index contributed by atoms with van der Waals surface area (Å²) in [7, 11) is 0. The molecule has 1 aliphatic rings. The zero-order chi connectivity index (χ0) is 11.7. The van der Waals surface area contributed by atoms with Gasteiger partial charge in [0.25, 0.3) is 0 Å². The highest BCUT2D eigenvalue weighted by atomic mass is 35.5. The third kappa shape index (κ3) is 2.03. The summed E-state index contributed by atoms with van der Waals surface area (Å²) in [6.07, 6.45) is 0.336. The number of hydrogen-bond donors (Lipinski definition) is 1. The van der Waals surface area contributed by atoms with Gasteiger partial charge in [0.05, 0.1) is 5.02 Å². The highest BCUT2D eigenvalue weighted by Gasteiger charge is 2.30. The van der Waals surface area contributed by atoms with Gasteiger partial charge in [0, 0.05) is 18.9 Å². The van der Waals surface area contributed by atoms with Crippen LogP contribution < -0.4 is 0 Å². The number of hydrogen-bond acceptors (Lipinski definition) is 2. The van der Waals surface area contributed by atoms with E-state index in [1.165, 1.54) is 17.0 Å². The molecule has 2 rings (SSSR count). The van der Waals surface area contributed by atoms with E-state index in [1.807, 2.05) is 0 Å². The zero-order valence-electron chi connectivity index (χ0n) is 8.49. The minimum Gasteiger partial charge on any atom is -0.376 e. The smallest absolute Gasteiger partial charge is 0.225 e. The normalized spacial score (nSPS) is 20.6. The first-order valence-electron chi connectivity index (χ1n) is 4.95. The predicted octanol–water partition coefficient (Wildman–Crippen LogP) is 1.74. The van der Waals surface area contributed by atoms with Crippen molar-refractivity contribution in [1.29, 1.82) is 0 Å². The van der Waals surface area contributed by atoms with Crippen LogP contribution >= 0.6 is 11.6 Å². The number of aliphatic hydroxyl groups excluding tert-OH is 1. The van der Waals surface area contributed by atoms with Crippen LogP contribution in [0.1, 0.15) is 17.9 Å². The number of carbonyl (C=O) groups excluding carboxylic acids is 1. The molecule has 16 heavy (non-hydrogen) atoms. The van der Waals surface area contributed by atoms with Crippen LogP contribution in [0.3, 0.4) is 0 Å². The highest BCUT2D eigenvalue weighted by molar-refractivity contribution is 6.30. The van der Waals surface area contributed by atoms with Crippen LogP contribution in [0.25, 0.3) is 0 Å². The molecule has 1 N–H and O–H groups in total. The number of halogens is 2. The summed E-state index contributed by atoms with van der Waals surface area (Å²) in [5, 5.41) is 8.98. The summed E-state index contributed by atoms with van der Waals surface area (Å²) in [4.78, 5) is 12.8. The molecule has 1 aromatic rings. The molecule has 1 amide bonds. The number of aliphatic hydroxyl groups is 1. The van der Waals surface area contributed by atoms with Gasteiger partial charge in [0.2, 0.25) is 5.91 Å². The second kappa shape index (κ2) is 4.39. The molecule has 1 saturated heterocycles. The van der Waals surface area contributed by atoms with Crippen LogP contribution in [0, 0.1) is 5.82 Å². The maximum atomic E-state index is 13.0. The molecule has 3 nitrogen and oxygen atoms in total. The van der Waals surface area contributed by atoms with Gasteiger partial charge in [-0.15, -0.1) is 0 Å². The van der Waals surface area contributed by atoms with Crippen molar-refractivity contribution >= 4 is 17.5 Å². The van der Waals surface area contributed by atoms with E-state index in [2.05, 4.69) is 0 Å². The maximum Gasteiger partial charge on any atom is 0.225 e. The predicted molar refractivity (Wildman–Crippen MR) is 57.6 cm³/mol. The summed E-state index contributed by atoms with van der Waals surface area (Å²) in [6.45, 7) is 0.182. The molecule has 1 atom stereocenters. The highest BCUT2D eigenvalue weighted by Crippen LogP contribution is 2.30. The minimum atomic E-state index is -0.464. The lowest BCUT2D eigenvalue weighted by Gasteiger charge is -2.13. The van der Waals surface area contributed by atoms with Gasteiger partial charge in [-0.05, 0) is 17.7 Å². The maximum absolute atomic E-state index is 13.0. The van der Waals surface area contributed by atoms with Crippen LogP contribution in [-0.2, 0) is 4.79 Å². The fourth-order valence-corrected chi connectivity index (χ4v) is 2.09. The molecule has 0 bridgehead atoms. The summed E-state index contributed by atoms with van der Waals surface area (Å²) in [5.74, 6) is -0.570. The minimum absolute atomic E-state index is 0.0160. The Kier molecular flexibility index (Phi) is 3.12. The van der Waals surface area contributed by atoms with Crippen LogP contribution in [0.4, 0.5) is 4.39 Å². The van der Waals surface area contributed by atoms with Gasteiger partial charge in [-0.25, -0.2) is 4.39 Å². The number of rotatable bonds is 2. The summed E-state index contributed by atoms with van der Waals surface area (Å²) in [5.41, 5.74) is 0.829. The molecule has 0 radical (unpaired) electrons. The van der Waals surface area contributed by atoms with Crippen molar-refractivity contribution in [3.8, 4) is 0 Å². The first-order valence-corrected chi connectivity index (χ1v) is 5.33. The Bertz CT molecular complexity index is 424. The summed E-state index contributed by atoms with van der Waals surface area (Å²) >= 11 is 5.68. The Morgan fingerprint density at radius 1 is 1.56 bits per heavy atom. The lowest BCUT2D eigenvalue weighted by molar-refractivity contribution is -0.130. The van der Waals surface area contributed by atoms with Crippen molar-refractivity contribution < 1.29 is 14.3 Å². The monoisotopic (exact) mass is 243 g/mol. The van der Waals surface area contributed by atoms with Gasteiger partial charge in [0.1, 0.15) is 12.5 Å². The van der Waals surface area contributed by atoms with Crippen LogP contribution in [0.5, 0.6) is 0 Å². The zero-order valence-corrected chi connectivity index (χ0v) is 9.25. The van der Waals surface area contributed by atoms with Crippen molar-refractivity contribution in [2.24, 2.45) is 0 Å². The van der Waals surface area contributed by atoms with E-state index in [0.717, 1.165) is 5.56 Å². The van der Waals surface area contributed by atoms with Gasteiger partial charge in [-0.1, -0.05) is 17.7 Å². The van der Waals surface area contributed by atoms with E-state index in [9.17, 15) is 9.18 Å². The largest absolute Gasteiger partial charge is 0.376 e. The molecular formula is C11H11ClFNO2. The van der Waals surface area contributed by atoms with Crippen molar-refractivity contribution in [2.75, 3.05) is 13.3 Å². The van der Waals surface area contributed by atoms with E-state index < -0.39 is 5.82 Å². The molecule has 1 aromatic carbocycles. The molecular weight excluding hydrogens is 233 g/mol. The van der Waals surface area contributed by atoms with E-state index >= 15 is 0 Å². The molecule has 0 spiro atoms. The van der Waals surface area contributed by atoms with Crippen LogP contribution in [-0.4, -0.2) is 29.2 Å². The Hall–Kier alpha value is -1.13. The Labute approximate surface area is 97.4 Å². The molecule has 0 aromatic heterocycles. The quantitative estimate of drug-likeness (QED) is 0.860. The Balaban J connectivity index is 2.20. The average Bonchev–Trinajstić information content (AvgIpc) is 2.64. The lowest BCUT2D eigenvalue weighted by atomic mass is 9.98. The first kappa shape index (κ1) is 11.4. The molecule has 1 aliphatic heterocycles. The molecule has 0 aliphatic carbocycles. The van der Waals surface area contributed by atoms with Crippen LogP contribution in [0.2, 0.25) is 5.02 Å². The SMILES string of the molecule is O=C1CC(c2ccc(F)c(Cl)c2)CN1CO. The molecule has 1 heterocycles. The Morgan fingerprint density at radius 2 is 2.31 bits per heavy atom. The van der Waals surface area contributed by atoms with E-state index in [4.69, 9.17) is 16.7 Å². The van der Waals surface area contributed by atoms with Crippen LogP contribution in [0.15, 0.2) is 18.2 Å². The van der Waals surface area contributed by atoms with E-state index in [-0.39, 0.29) is 23.6 Å². The Morgan fingerprint density at radius 3 is 2.88 bits per heavy atom. The molecule has 5 heteroatoms. The third-order valence-corrected chi connectivity index (χ3v) is 3.09. The van der Waals surface area contributed by atoms with Gasteiger partial charge in [0.15, 0.2) is 0 Å². The molecule has 0 saturated carbocycles. The number of benzene rings is 1. The van der Waals surface area contributed by atoms with E-state index in [1.54, 1.807) is 6.07 Å². The van der Waals surface area contributed by atoms with Crippen molar-refractivity contribution in [3.63, 3.8) is 0 Å². The third-order valence-electron chi connectivity index (χ3n) is 2.80. The summed E-state index contributed by atoms with van der Waals surface area (Å²) in [6, 6.07) is 4.46. The molecule has 1 unspecified atom stereocenters. The average molecular weight is 244 g/mol. The number of amides is 1. The number of nitrogens with zero attached hydrogens (tertiary/aromatic N) is 1. The lowest BCUT2D eigenvalue weighted by Crippen LogP contribution is -2.25. The standard InChI is InChI=1S/C11H11ClFNO2/c12-9-3-7(1-2-10(9)13)8-4-11(16)14(5-8)6-15/h1-3,8,15H,4-6H2. The van der Waals surface area contributed by atoms with Gasteiger partial charge in [-0.2, -0.15) is 0 Å². The first-order chi connectivity index (χ1) is 7.61. The fourth-order valence-electron chi connectivity index (χ4n) is 1.90. The second-order valence-corrected chi connectivity index (χ2v) is 4.24. The van der Waals surface area contributed by atoms with E-state index in [0.29, 0.717) is 13.0 Å². The van der Waals surface area contributed by atoms with Crippen molar-refractivity contribution in [1.82, 2.24) is 4.90 Å². The topological polar surface area (TPSA) is 40.5 Å². The number of likely N-dealkylation sites (tertiary alicyclic amines) is 1. The second-order valence-electron chi connectivity index (χ2n) is 3.83. The van der Waals surface area contributed by atoms with Gasteiger partial charge >= 0.3 is 0 Å². The van der Waals surface area contributed by atoms with Crippen molar-refractivity contribution in [3.05, 3.63) is 34.6 Å². The van der Waals surface area contributed by atoms with Crippen molar-refractivity contribution in [2.45, 2.75) is 12.3 Å². The molecule has 1 fully saturated rings. The van der Waals surface area contributed by atoms with Gasteiger partial charge < -0.3 is 10.0 Å². The van der Waals surface area contributed by atoms with Gasteiger partial charge in [-0.3, -0.25) is 4.79 Å². The number of carbonyl (C=O) groups is 1. The molecule has 86 valence electrons. The fraction of sp³-hybridized carbons (Fsp3) is 0.364. The summed E-state index contributed by atoms with van der Waals surface area (Å²) < 4.78 is 13.0.